The molecule has 212 valence electrons. The van der Waals surface area contributed by atoms with Crippen LogP contribution in [0.2, 0.25) is 0 Å². The van der Waals surface area contributed by atoms with Crippen molar-refractivity contribution in [2.45, 2.75) is 86.5 Å². The minimum Gasteiger partial charge on any atom is -0.508 e. The van der Waals surface area contributed by atoms with Crippen LogP contribution in [0.5, 0.6) is 17.2 Å². The number of aliphatic hydroxyl groups excluding tert-OH is 1. The molecule has 3 aliphatic heterocycles. The van der Waals surface area contributed by atoms with Crippen LogP contribution in [0.1, 0.15) is 60.8 Å². The number of nitrogens with zero attached hydrogens (tertiary/aromatic N) is 2. The highest BCUT2D eigenvalue weighted by molar-refractivity contribution is 5.61. The van der Waals surface area contributed by atoms with Gasteiger partial charge in [0.25, 0.3) is 0 Å². The van der Waals surface area contributed by atoms with E-state index in [9.17, 15) is 15.3 Å². The smallest absolute Gasteiger partial charge is 0.165 e. The lowest BCUT2D eigenvalue weighted by atomic mass is 9.52. The Kier molecular flexibility index (Phi) is 5.50. The minimum absolute atomic E-state index is 0.160. The van der Waals surface area contributed by atoms with Gasteiger partial charge in [-0.2, -0.15) is 0 Å². The summed E-state index contributed by atoms with van der Waals surface area (Å²) in [4.78, 5) is 5.02. The second-order valence-corrected chi connectivity index (χ2v) is 13.8. The molecule has 0 amide bonds. The number of fused-ring (bicyclic) bond motifs is 1. The lowest BCUT2D eigenvalue weighted by molar-refractivity contribution is -0.0453. The molecule has 1 spiro atoms. The molecule has 4 unspecified atom stereocenters. The van der Waals surface area contributed by atoms with Crippen molar-refractivity contribution in [2.24, 2.45) is 11.8 Å². The number of benzene rings is 2. The Bertz CT molecular complexity index is 1390. The molecule has 8 atom stereocenters. The van der Waals surface area contributed by atoms with E-state index in [-0.39, 0.29) is 17.3 Å². The zero-order valence-electron chi connectivity index (χ0n) is 23.7. The first kappa shape index (κ1) is 25.2. The molecule has 2 aromatic carbocycles. The summed E-state index contributed by atoms with van der Waals surface area (Å²) in [6.07, 6.45) is 13.1. The first-order valence-corrected chi connectivity index (χ1v) is 15.4. The molecule has 4 aliphatic carbocycles. The zero-order chi connectivity index (χ0) is 27.4. The Morgan fingerprint density at radius 3 is 2.52 bits per heavy atom. The van der Waals surface area contributed by atoms with Crippen molar-refractivity contribution in [3.8, 4) is 17.2 Å². The average Bonchev–Trinajstić information content (AvgIpc) is 3.32. The molecule has 3 N–H and O–H groups in total. The molecule has 2 aromatic rings. The van der Waals surface area contributed by atoms with Gasteiger partial charge in [0.2, 0.25) is 0 Å². The molecule has 0 aromatic heterocycles. The number of ether oxygens (including phenoxy) is 1. The molecule has 2 saturated heterocycles. The van der Waals surface area contributed by atoms with Crippen molar-refractivity contribution in [2.75, 3.05) is 27.2 Å². The fraction of sp³-hybridized carbons (Fsp3) is 0.588. The van der Waals surface area contributed by atoms with Gasteiger partial charge in [-0.05, 0) is 107 Å². The van der Waals surface area contributed by atoms with Gasteiger partial charge in [0, 0.05) is 34.4 Å². The summed E-state index contributed by atoms with van der Waals surface area (Å²) in [6.45, 7) is 2.23. The Labute approximate surface area is 237 Å². The van der Waals surface area contributed by atoms with Crippen LogP contribution < -0.4 is 4.74 Å². The van der Waals surface area contributed by atoms with E-state index in [1.54, 1.807) is 6.07 Å². The van der Waals surface area contributed by atoms with E-state index < -0.39 is 6.10 Å². The van der Waals surface area contributed by atoms with Gasteiger partial charge in [-0.3, -0.25) is 0 Å². The van der Waals surface area contributed by atoms with Crippen molar-refractivity contribution in [1.82, 2.24) is 9.80 Å². The van der Waals surface area contributed by atoms with E-state index in [1.807, 2.05) is 18.2 Å². The van der Waals surface area contributed by atoms with Gasteiger partial charge >= 0.3 is 0 Å². The molecular weight excluding hydrogens is 500 g/mol. The van der Waals surface area contributed by atoms with Gasteiger partial charge in [0.15, 0.2) is 11.5 Å². The molecular formula is C34H42N2O4. The maximum atomic E-state index is 10.4. The fourth-order valence-corrected chi connectivity index (χ4v) is 10.4. The molecule has 0 radical (unpaired) electrons. The predicted octanol–water partition coefficient (Wildman–Crippen LogP) is 4.28. The molecule has 3 heterocycles. The monoisotopic (exact) mass is 542 g/mol. The van der Waals surface area contributed by atoms with Gasteiger partial charge < -0.3 is 29.9 Å². The molecule has 3 fully saturated rings. The van der Waals surface area contributed by atoms with Gasteiger partial charge in [-0.25, -0.2) is 0 Å². The lowest BCUT2D eigenvalue weighted by Crippen LogP contribution is -2.64. The normalized spacial score (nSPS) is 40.2. The average molecular weight is 543 g/mol. The van der Waals surface area contributed by atoms with E-state index in [0.29, 0.717) is 28.9 Å². The highest BCUT2D eigenvalue weighted by Crippen LogP contribution is 2.62. The summed E-state index contributed by atoms with van der Waals surface area (Å²) < 4.78 is 6.09. The number of aromatic hydroxyl groups is 2. The molecule has 1 saturated carbocycles. The number of hydrogen-bond acceptors (Lipinski definition) is 6. The Hall–Kier alpha value is -2.54. The minimum atomic E-state index is -0.594. The zero-order valence-corrected chi connectivity index (χ0v) is 23.7. The summed E-state index contributed by atoms with van der Waals surface area (Å²) in [5, 5.41) is 30.6. The van der Waals surface area contributed by atoms with Gasteiger partial charge in [-0.1, -0.05) is 37.1 Å². The Balaban J connectivity index is 0.000000123. The first-order valence-electron chi connectivity index (χ1n) is 15.4. The third-order valence-corrected chi connectivity index (χ3v) is 12.2. The number of hydrogen-bond donors (Lipinski definition) is 3. The van der Waals surface area contributed by atoms with E-state index in [0.717, 1.165) is 31.3 Å². The van der Waals surface area contributed by atoms with E-state index in [4.69, 9.17) is 4.74 Å². The number of likely N-dealkylation sites (N-methyl/N-ethyl adjacent to an activating group) is 2. The summed E-state index contributed by atoms with van der Waals surface area (Å²) in [6, 6.07) is 11.1. The standard InChI is InChI=1S/C17H19NO3.C17H23NO/c1-18-7-6-17-10-3-5-13(20)16(17)21-15-12(19)4-2-9(14(15)17)8-11(10)18;1-18-9-8-17-7-3-2-4-14(17)16(18)10-12-5-6-13(19)11-15(12)17/h2-5,10-11,13,16,19-20H,6-8H2,1H3;5-6,11,14,16,19H,2-4,7-10H2,1H3/t10-,11?,13?,16?,17-;14-,16?,17+/m00/s1. The second kappa shape index (κ2) is 8.73. The molecule has 40 heavy (non-hydrogen) atoms. The summed E-state index contributed by atoms with van der Waals surface area (Å²) >= 11 is 0. The highest BCUT2D eigenvalue weighted by atomic mass is 16.5. The van der Waals surface area contributed by atoms with Crippen molar-refractivity contribution < 1.29 is 20.1 Å². The van der Waals surface area contributed by atoms with Gasteiger partial charge in [-0.15, -0.1) is 0 Å². The van der Waals surface area contributed by atoms with Crippen molar-refractivity contribution in [3.05, 3.63) is 64.7 Å². The number of likely N-dealkylation sites (tertiary alicyclic amines) is 2. The number of phenolic OH excluding ortho intramolecular Hbond substituents is 2. The lowest BCUT2D eigenvalue weighted by Gasteiger charge is -2.58. The first-order chi connectivity index (χ1) is 19.3. The van der Waals surface area contributed by atoms with Crippen LogP contribution in [-0.2, 0) is 23.7 Å². The molecule has 9 rings (SSSR count). The Morgan fingerprint density at radius 2 is 1.65 bits per heavy atom. The van der Waals surface area contributed by atoms with E-state index >= 15 is 0 Å². The van der Waals surface area contributed by atoms with Crippen LogP contribution in [-0.4, -0.2) is 76.6 Å². The maximum absolute atomic E-state index is 10.4. The van der Waals surface area contributed by atoms with Crippen molar-refractivity contribution >= 4 is 0 Å². The van der Waals surface area contributed by atoms with Crippen LogP contribution in [0.3, 0.4) is 0 Å². The summed E-state index contributed by atoms with van der Waals surface area (Å²) in [5.74, 6) is 2.46. The summed E-state index contributed by atoms with van der Waals surface area (Å²) in [7, 11) is 4.49. The molecule has 7 aliphatic rings. The number of piperidine rings is 2. The SMILES string of the molecule is CN1CC[C@]23CCCC[C@H]2C1Cc1ccc(O)cc13.CN1CC[C@]23c4c5ccc(O)c4OC2C(O)C=C[C@H]3C1C5. The quantitative estimate of drug-likeness (QED) is 0.432. The second-order valence-electron chi connectivity index (χ2n) is 13.8. The third kappa shape index (κ3) is 3.21. The maximum Gasteiger partial charge on any atom is 0.165 e. The van der Waals surface area contributed by atoms with Gasteiger partial charge in [0.05, 0.1) is 0 Å². The van der Waals surface area contributed by atoms with E-state index in [1.165, 1.54) is 67.3 Å². The van der Waals surface area contributed by atoms with Crippen LogP contribution in [0.15, 0.2) is 42.5 Å². The van der Waals surface area contributed by atoms with Crippen LogP contribution in [0.4, 0.5) is 0 Å². The van der Waals surface area contributed by atoms with Crippen LogP contribution >= 0.6 is 0 Å². The van der Waals surface area contributed by atoms with Crippen LogP contribution in [0.25, 0.3) is 0 Å². The van der Waals surface area contributed by atoms with Gasteiger partial charge in [0.1, 0.15) is 18.0 Å². The Morgan fingerprint density at radius 1 is 0.875 bits per heavy atom. The number of phenols is 2. The van der Waals surface area contributed by atoms with Crippen molar-refractivity contribution in [1.29, 1.82) is 0 Å². The summed E-state index contributed by atoms with van der Waals surface area (Å²) in [5.41, 5.74) is 5.65. The fourth-order valence-electron chi connectivity index (χ4n) is 10.4. The topological polar surface area (TPSA) is 76.4 Å². The molecule has 4 bridgehead atoms. The largest absolute Gasteiger partial charge is 0.508 e. The third-order valence-electron chi connectivity index (χ3n) is 12.2. The molecule has 6 nitrogen and oxygen atoms in total. The number of rotatable bonds is 0. The highest BCUT2D eigenvalue weighted by Gasteiger charge is 2.64. The number of aliphatic hydroxyl groups is 1. The van der Waals surface area contributed by atoms with E-state index in [2.05, 4.69) is 42.1 Å². The predicted molar refractivity (Wildman–Crippen MR) is 154 cm³/mol. The van der Waals surface area contributed by atoms with Crippen LogP contribution in [0, 0.1) is 11.8 Å². The van der Waals surface area contributed by atoms with Crippen molar-refractivity contribution in [3.63, 3.8) is 0 Å². The molecule has 6 heteroatoms.